The molecule has 0 radical (unpaired) electrons. The summed E-state index contributed by atoms with van der Waals surface area (Å²) in [5, 5.41) is 0.770. The highest BCUT2D eigenvalue weighted by atomic mass is 32.2. The third-order valence-corrected chi connectivity index (χ3v) is 6.06. The predicted molar refractivity (Wildman–Crippen MR) is 107 cm³/mol. The van der Waals surface area contributed by atoms with Crippen LogP contribution < -0.4 is 5.69 Å². The van der Waals surface area contributed by atoms with Gasteiger partial charge in [0.1, 0.15) is 10.8 Å². The molecule has 0 N–H and O–H groups in total. The van der Waals surface area contributed by atoms with E-state index in [0.717, 1.165) is 36.4 Å². The monoisotopic (exact) mass is 380 g/mol. The molecule has 0 saturated carbocycles. The van der Waals surface area contributed by atoms with E-state index >= 15 is 0 Å². The predicted octanol–water partition coefficient (Wildman–Crippen LogP) is 4.41. The van der Waals surface area contributed by atoms with E-state index in [0.29, 0.717) is 17.9 Å². The van der Waals surface area contributed by atoms with E-state index in [2.05, 4.69) is 17.1 Å². The molecule has 4 rings (SSSR count). The molecule has 1 aromatic heterocycles. The first-order valence-electron chi connectivity index (χ1n) is 9.25. The van der Waals surface area contributed by atoms with Crippen LogP contribution in [0, 0.1) is 5.82 Å². The Morgan fingerprint density at radius 1 is 1.04 bits per heavy atom. The standard InChI is InChI=1S/C22H21FN2OS/c23-19-11-5-4-9-17(19)15-27-21-18-10-6-12-20(18)25(22(26)24-21)14-13-16-7-2-1-3-8-16/h1-5,7-9,11H,6,10,12-15H2. The average molecular weight is 380 g/mol. The summed E-state index contributed by atoms with van der Waals surface area (Å²) in [6, 6.07) is 17.0. The Balaban J connectivity index is 1.56. The van der Waals surface area contributed by atoms with Gasteiger partial charge in [-0.05, 0) is 42.9 Å². The van der Waals surface area contributed by atoms with E-state index < -0.39 is 0 Å². The number of hydrogen-bond acceptors (Lipinski definition) is 3. The Bertz CT molecular complexity index is 1000. The van der Waals surface area contributed by atoms with Crippen molar-refractivity contribution in [1.82, 2.24) is 9.55 Å². The number of fused-ring (bicyclic) bond motifs is 1. The smallest absolute Gasteiger partial charge is 0.296 e. The van der Waals surface area contributed by atoms with E-state index in [-0.39, 0.29) is 11.5 Å². The lowest BCUT2D eigenvalue weighted by atomic mass is 10.1. The van der Waals surface area contributed by atoms with Crippen molar-refractivity contribution >= 4 is 11.8 Å². The number of halogens is 1. The average Bonchev–Trinajstić information content (AvgIpc) is 3.17. The lowest BCUT2D eigenvalue weighted by Crippen LogP contribution is -2.28. The summed E-state index contributed by atoms with van der Waals surface area (Å²) in [5.74, 6) is 0.275. The van der Waals surface area contributed by atoms with E-state index in [1.807, 2.05) is 28.8 Å². The maximum absolute atomic E-state index is 13.9. The van der Waals surface area contributed by atoms with Crippen molar-refractivity contribution < 1.29 is 4.39 Å². The first kappa shape index (κ1) is 18.0. The molecule has 2 aromatic carbocycles. The molecule has 0 saturated heterocycles. The molecule has 3 aromatic rings. The Morgan fingerprint density at radius 3 is 2.63 bits per heavy atom. The molecular formula is C22H21FN2OS. The highest BCUT2D eigenvalue weighted by Gasteiger charge is 2.22. The number of aromatic nitrogens is 2. The maximum Gasteiger partial charge on any atom is 0.348 e. The third-order valence-electron chi connectivity index (χ3n) is 4.99. The van der Waals surface area contributed by atoms with Gasteiger partial charge in [-0.15, -0.1) is 11.8 Å². The topological polar surface area (TPSA) is 34.9 Å². The van der Waals surface area contributed by atoms with Crippen LogP contribution in [0.1, 0.15) is 28.8 Å². The van der Waals surface area contributed by atoms with E-state index in [1.165, 1.54) is 29.0 Å². The molecule has 27 heavy (non-hydrogen) atoms. The van der Waals surface area contributed by atoms with Gasteiger partial charge in [-0.1, -0.05) is 48.5 Å². The van der Waals surface area contributed by atoms with Gasteiger partial charge in [0.2, 0.25) is 0 Å². The second-order valence-corrected chi connectivity index (χ2v) is 7.71. The van der Waals surface area contributed by atoms with E-state index in [1.54, 1.807) is 12.1 Å². The van der Waals surface area contributed by atoms with Gasteiger partial charge in [-0.3, -0.25) is 4.57 Å². The van der Waals surface area contributed by atoms with Gasteiger partial charge < -0.3 is 0 Å². The zero-order valence-corrected chi connectivity index (χ0v) is 15.8. The van der Waals surface area contributed by atoms with Crippen molar-refractivity contribution in [1.29, 1.82) is 0 Å². The summed E-state index contributed by atoms with van der Waals surface area (Å²) < 4.78 is 15.7. The van der Waals surface area contributed by atoms with Gasteiger partial charge in [-0.2, -0.15) is 4.98 Å². The number of benzene rings is 2. The summed E-state index contributed by atoms with van der Waals surface area (Å²) in [5.41, 5.74) is 3.95. The van der Waals surface area contributed by atoms with Crippen LogP contribution in [0.4, 0.5) is 4.39 Å². The van der Waals surface area contributed by atoms with Crippen LogP contribution in [-0.4, -0.2) is 9.55 Å². The molecule has 0 bridgehead atoms. The van der Waals surface area contributed by atoms with E-state index in [9.17, 15) is 9.18 Å². The molecule has 3 nitrogen and oxygen atoms in total. The van der Waals surface area contributed by atoms with Gasteiger partial charge in [-0.25, -0.2) is 9.18 Å². The van der Waals surface area contributed by atoms with Crippen molar-refractivity contribution in [3.8, 4) is 0 Å². The Labute approximate surface area is 162 Å². The summed E-state index contributed by atoms with van der Waals surface area (Å²) in [7, 11) is 0. The fraction of sp³-hybridized carbons (Fsp3) is 0.273. The van der Waals surface area contributed by atoms with Gasteiger partial charge in [0.05, 0.1) is 0 Å². The summed E-state index contributed by atoms with van der Waals surface area (Å²) in [6.07, 6.45) is 3.71. The van der Waals surface area contributed by atoms with Crippen molar-refractivity contribution in [2.45, 2.75) is 43.0 Å². The molecule has 0 atom stereocenters. The molecular weight excluding hydrogens is 359 g/mol. The van der Waals surface area contributed by atoms with Crippen LogP contribution in [0.5, 0.6) is 0 Å². The summed E-state index contributed by atoms with van der Waals surface area (Å²) >= 11 is 1.47. The Morgan fingerprint density at radius 2 is 1.81 bits per heavy atom. The van der Waals surface area contributed by atoms with Gasteiger partial charge in [0.25, 0.3) is 0 Å². The largest absolute Gasteiger partial charge is 0.348 e. The number of aryl methyl sites for hydroxylation is 1. The molecule has 5 heteroatoms. The SMILES string of the molecule is O=c1nc(SCc2ccccc2F)c2c(n1CCc1ccccc1)CCC2. The minimum absolute atomic E-state index is 0.192. The zero-order chi connectivity index (χ0) is 18.6. The first-order chi connectivity index (χ1) is 13.2. The first-order valence-corrected chi connectivity index (χ1v) is 10.2. The summed E-state index contributed by atoms with van der Waals surface area (Å²) in [6.45, 7) is 0.649. The lowest BCUT2D eigenvalue weighted by Gasteiger charge is -2.14. The highest BCUT2D eigenvalue weighted by Crippen LogP contribution is 2.31. The number of thioether (sulfide) groups is 1. The second kappa shape index (κ2) is 8.09. The minimum atomic E-state index is -0.210. The quantitative estimate of drug-likeness (QED) is 0.469. The fourth-order valence-corrected chi connectivity index (χ4v) is 4.65. The molecule has 138 valence electrons. The van der Waals surface area contributed by atoms with Crippen LogP contribution in [0.25, 0.3) is 0 Å². The van der Waals surface area contributed by atoms with Crippen LogP contribution in [0.2, 0.25) is 0 Å². The minimum Gasteiger partial charge on any atom is -0.296 e. The summed E-state index contributed by atoms with van der Waals surface area (Å²) in [4.78, 5) is 17.0. The Hall–Kier alpha value is -2.40. The van der Waals surface area contributed by atoms with Crippen molar-refractivity contribution in [2.24, 2.45) is 0 Å². The molecule has 1 aliphatic rings. The highest BCUT2D eigenvalue weighted by molar-refractivity contribution is 7.98. The van der Waals surface area contributed by atoms with Gasteiger partial charge in [0.15, 0.2) is 0 Å². The second-order valence-electron chi connectivity index (χ2n) is 6.75. The number of hydrogen-bond donors (Lipinski definition) is 0. The number of rotatable bonds is 6. The zero-order valence-electron chi connectivity index (χ0n) is 15.0. The van der Waals surface area contributed by atoms with Crippen molar-refractivity contribution in [2.75, 3.05) is 0 Å². The van der Waals surface area contributed by atoms with E-state index in [4.69, 9.17) is 0 Å². The Kier molecular flexibility index (Phi) is 5.39. The lowest BCUT2D eigenvalue weighted by molar-refractivity contribution is 0.607. The fourth-order valence-electron chi connectivity index (χ4n) is 3.58. The molecule has 0 amide bonds. The van der Waals surface area contributed by atoms with Crippen molar-refractivity contribution in [3.05, 3.63) is 93.3 Å². The molecule has 0 unspecified atom stereocenters. The molecule has 0 aliphatic heterocycles. The normalized spacial score (nSPS) is 12.9. The maximum atomic E-state index is 13.9. The molecule has 0 fully saturated rings. The van der Waals surface area contributed by atoms with Crippen LogP contribution in [-0.2, 0) is 31.6 Å². The van der Waals surface area contributed by atoms with Gasteiger partial charge >= 0.3 is 5.69 Å². The van der Waals surface area contributed by atoms with Crippen LogP contribution in [0.3, 0.4) is 0 Å². The molecule has 0 spiro atoms. The van der Waals surface area contributed by atoms with Gasteiger partial charge in [0, 0.05) is 23.6 Å². The van der Waals surface area contributed by atoms with Crippen LogP contribution in [0.15, 0.2) is 64.4 Å². The molecule has 1 heterocycles. The third kappa shape index (κ3) is 3.98. The van der Waals surface area contributed by atoms with Crippen LogP contribution >= 0.6 is 11.8 Å². The van der Waals surface area contributed by atoms with Crippen molar-refractivity contribution in [3.63, 3.8) is 0 Å². The number of nitrogens with zero attached hydrogens (tertiary/aromatic N) is 2. The molecule has 1 aliphatic carbocycles.